The Bertz CT molecular complexity index is 417. The van der Waals surface area contributed by atoms with Crippen LogP contribution < -0.4 is 10.5 Å². The molecule has 1 fully saturated rings. The molecule has 20 heavy (non-hydrogen) atoms. The molecule has 1 saturated heterocycles. The number of hydrogen-bond donors (Lipinski definition) is 1. The van der Waals surface area contributed by atoms with Crippen molar-refractivity contribution < 1.29 is 4.74 Å². The average molecular weight is 276 g/mol. The molecule has 112 valence electrons. The molecule has 3 heteroatoms. The van der Waals surface area contributed by atoms with Gasteiger partial charge in [0.15, 0.2) is 0 Å². The predicted molar refractivity (Wildman–Crippen MR) is 85.0 cm³/mol. The molecular weight excluding hydrogens is 248 g/mol. The van der Waals surface area contributed by atoms with Crippen LogP contribution in [-0.2, 0) is 0 Å². The highest BCUT2D eigenvalue weighted by molar-refractivity contribution is 5.43. The molecule has 0 radical (unpaired) electrons. The second-order valence-electron chi connectivity index (χ2n) is 6.63. The fourth-order valence-electron chi connectivity index (χ4n) is 2.78. The van der Waals surface area contributed by atoms with Gasteiger partial charge >= 0.3 is 0 Å². The SMILES string of the molecule is CC1(C)CCCN(CCCOc2cccc(N)c2)CC1. The zero-order valence-electron chi connectivity index (χ0n) is 12.9. The summed E-state index contributed by atoms with van der Waals surface area (Å²) in [6.45, 7) is 9.15. The standard InChI is InChI=1S/C17H28N2O/c1-17(2)8-4-10-19(12-9-17)11-5-13-20-16-7-3-6-15(18)14-16/h3,6-7,14H,4-5,8-13,18H2,1-2H3. The zero-order valence-corrected chi connectivity index (χ0v) is 12.9. The van der Waals surface area contributed by atoms with Crippen LogP contribution in [0.2, 0.25) is 0 Å². The second-order valence-corrected chi connectivity index (χ2v) is 6.63. The molecule has 3 nitrogen and oxygen atoms in total. The lowest BCUT2D eigenvalue weighted by Gasteiger charge is -2.23. The van der Waals surface area contributed by atoms with Gasteiger partial charge in [-0.25, -0.2) is 0 Å². The van der Waals surface area contributed by atoms with Gasteiger partial charge in [-0.05, 0) is 56.3 Å². The molecule has 1 aliphatic heterocycles. The number of nitrogens with two attached hydrogens (primary N) is 1. The van der Waals surface area contributed by atoms with Gasteiger partial charge in [-0.3, -0.25) is 0 Å². The van der Waals surface area contributed by atoms with Crippen molar-refractivity contribution in [3.8, 4) is 5.75 Å². The van der Waals surface area contributed by atoms with Crippen molar-refractivity contribution in [1.29, 1.82) is 0 Å². The lowest BCUT2D eigenvalue weighted by atomic mass is 9.85. The van der Waals surface area contributed by atoms with E-state index in [4.69, 9.17) is 10.5 Å². The van der Waals surface area contributed by atoms with E-state index in [-0.39, 0.29) is 0 Å². The van der Waals surface area contributed by atoms with E-state index < -0.39 is 0 Å². The third kappa shape index (κ3) is 5.04. The summed E-state index contributed by atoms with van der Waals surface area (Å²) in [6.07, 6.45) is 5.06. The molecular formula is C17H28N2O. The number of nitrogens with zero attached hydrogens (tertiary/aromatic N) is 1. The molecule has 0 aliphatic carbocycles. The predicted octanol–water partition coefficient (Wildman–Crippen LogP) is 3.55. The molecule has 0 aromatic heterocycles. The number of likely N-dealkylation sites (tertiary alicyclic amines) is 1. The van der Waals surface area contributed by atoms with Crippen LogP contribution in [0, 0.1) is 5.41 Å². The molecule has 2 rings (SSSR count). The Balaban J connectivity index is 1.66. The van der Waals surface area contributed by atoms with Crippen molar-refractivity contribution in [3.05, 3.63) is 24.3 Å². The van der Waals surface area contributed by atoms with E-state index in [2.05, 4.69) is 18.7 Å². The largest absolute Gasteiger partial charge is 0.493 e. The minimum absolute atomic E-state index is 0.521. The number of hydrogen-bond acceptors (Lipinski definition) is 3. The zero-order chi connectivity index (χ0) is 14.4. The van der Waals surface area contributed by atoms with Crippen molar-refractivity contribution in [2.24, 2.45) is 5.41 Å². The van der Waals surface area contributed by atoms with E-state index in [1.165, 1.54) is 32.4 Å². The Labute approximate surface area is 123 Å². The van der Waals surface area contributed by atoms with Gasteiger partial charge in [0.2, 0.25) is 0 Å². The van der Waals surface area contributed by atoms with Crippen molar-refractivity contribution in [2.75, 3.05) is 32.0 Å². The summed E-state index contributed by atoms with van der Waals surface area (Å²) in [7, 11) is 0. The smallest absolute Gasteiger partial charge is 0.121 e. The van der Waals surface area contributed by atoms with E-state index in [1.54, 1.807) is 0 Å². The second kappa shape index (κ2) is 6.98. The third-order valence-electron chi connectivity index (χ3n) is 4.18. The molecule has 0 atom stereocenters. The number of benzene rings is 1. The summed E-state index contributed by atoms with van der Waals surface area (Å²) in [5, 5.41) is 0. The van der Waals surface area contributed by atoms with E-state index in [9.17, 15) is 0 Å². The molecule has 0 unspecified atom stereocenters. The molecule has 0 spiro atoms. The quantitative estimate of drug-likeness (QED) is 0.660. The Morgan fingerprint density at radius 3 is 2.90 bits per heavy atom. The average Bonchev–Trinajstić information content (AvgIpc) is 2.56. The Kier molecular flexibility index (Phi) is 5.30. The highest BCUT2D eigenvalue weighted by atomic mass is 16.5. The van der Waals surface area contributed by atoms with Crippen LogP contribution in [0.25, 0.3) is 0 Å². The van der Waals surface area contributed by atoms with Gasteiger partial charge in [0.05, 0.1) is 6.61 Å². The normalized spacial score (nSPS) is 19.5. The topological polar surface area (TPSA) is 38.5 Å². The Morgan fingerprint density at radius 1 is 1.25 bits per heavy atom. The fourth-order valence-corrected chi connectivity index (χ4v) is 2.78. The van der Waals surface area contributed by atoms with Gasteiger partial charge < -0.3 is 15.4 Å². The van der Waals surface area contributed by atoms with Gasteiger partial charge in [-0.15, -0.1) is 0 Å². The van der Waals surface area contributed by atoms with Crippen LogP contribution in [0.4, 0.5) is 5.69 Å². The summed E-state index contributed by atoms with van der Waals surface area (Å²) in [5.74, 6) is 0.877. The Morgan fingerprint density at radius 2 is 2.10 bits per heavy atom. The van der Waals surface area contributed by atoms with Gasteiger partial charge in [0.1, 0.15) is 5.75 Å². The van der Waals surface area contributed by atoms with Crippen LogP contribution in [-0.4, -0.2) is 31.1 Å². The Hall–Kier alpha value is -1.22. The summed E-state index contributed by atoms with van der Waals surface area (Å²) in [5.41, 5.74) is 7.02. The number of anilines is 1. The summed E-state index contributed by atoms with van der Waals surface area (Å²) >= 11 is 0. The van der Waals surface area contributed by atoms with Gasteiger partial charge in [-0.2, -0.15) is 0 Å². The first-order valence-electron chi connectivity index (χ1n) is 7.76. The van der Waals surface area contributed by atoms with E-state index in [1.807, 2.05) is 24.3 Å². The van der Waals surface area contributed by atoms with Crippen molar-refractivity contribution in [2.45, 2.75) is 39.5 Å². The highest BCUT2D eigenvalue weighted by Gasteiger charge is 2.22. The number of ether oxygens (including phenoxy) is 1. The highest BCUT2D eigenvalue weighted by Crippen LogP contribution is 2.29. The first-order valence-corrected chi connectivity index (χ1v) is 7.76. The maximum Gasteiger partial charge on any atom is 0.121 e. The van der Waals surface area contributed by atoms with Crippen LogP contribution in [0.1, 0.15) is 39.5 Å². The van der Waals surface area contributed by atoms with Crippen LogP contribution in [0.15, 0.2) is 24.3 Å². The van der Waals surface area contributed by atoms with Crippen LogP contribution >= 0.6 is 0 Å². The van der Waals surface area contributed by atoms with E-state index in [0.717, 1.165) is 31.0 Å². The maximum atomic E-state index is 5.74. The van der Waals surface area contributed by atoms with Crippen LogP contribution in [0.5, 0.6) is 5.75 Å². The van der Waals surface area contributed by atoms with E-state index >= 15 is 0 Å². The summed E-state index contributed by atoms with van der Waals surface area (Å²) in [6, 6.07) is 7.66. The lowest BCUT2D eigenvalue weighted by molar-refractivity contribution is 0.231. The summed E-state index contributed by atoms with van der Waals surface area (Å²) < 4.78 is 5.74. The molecule has 1 aromatic rings. The van der Waals surface area contributed by atoms with E-state index in [0.29, 0.717) is 5.41 Å². The first-order chi connectivity index (χ1) is 9.55. The maximum absolute atomic E-state index is 5.74. The van der Waals surface area contributed by atoms with Gasteiger partial charge in [0, 0.05) is 18.3 Å². The van der Waals surface area contributed by atoms with Gasteiger partial charge in [-0.1, -0.05) is 19.9 Å². The monoisotopic (exact) mass is 276 g/mol. The molecule has 0 amide bonds. The summed E-state index contributed by atoms with van der Waals surface area (Å²) in [4.78, 5) is 2.58. The molecule has 1 aliphatic rings. The van der Waals surface area contributed by atoms with Gasteiger partial charge in [0.25, 0.3) is 0 Å². The van der Waals surface area contributed by atoms with Crippen LogP contribution in [0.3, 0.4) is 0 Å². The van der Waals surface area contributed by atoms with Crippen molar-refractivity contribution >= 4 is 5.69 Å². The van der Waals surface area contributed by atoms with Crippen molar-refractivity contribution in [3.63, 3.8) is 0 Å². The minimum atomic E-state index is 0.521. The molecule has 1 heterocycles. The molecule has 0 saturated carbocycles. The lowest BCUT2D eigenvalue weighted by Crippen LogP contribution is -2.27. The van der Waals surface area contributed by atoms with Crippen molar-refractivity contribution in [1.82, 2.24) is 4.90 Å². The molecule has 1 aromatic carbocycles. The fraction of sp³-hybridized carbons (Fsp3) is 0.647. The molecule has 0 bridgehead atoms. The first kappa shape index (κ1) is 15.2. The number of rotatable bonds is 5. The number of nitrogen functional groups attached to an aromatic ring is 1. The minimum Gasteiger partial charge on any atom is -0.493 e. The molecule has 2 N–H and O–H groups in total. The third-order valence-corrected chi connectivity index (χ3v) is 4.18.